The number of carbonyl (C=O) groups is 1. The lowest BCUT2D eigenvalue weighted by Crippen LogP contribution is -2.31. The van der Waals surface area contributed by atoms with Gasteiger partial charge in [0.15, 0.2) is 0 Å². The molecule has 0 atom stereocenters. The highest BCUT2D eigenvalue weighted by Gasteiger charge is 2.20. The summed E-state index contributed by atoms with van der Waals surface area (Å²) in [7, 11) is 0. The Labute approximate surface area is 112 Å². The van der Waals surface area contributed by atoms with E-state index in [1.165, 1.54) is 23.3 Å². The van der Waals surface area contributed by atoms with E-state index in [2.05, 4.69) is 12.1 Å². The van der Waals surface area contributed by atoms with Crippen LogP contribution >= 0.6 is 11.3 Å². The summed E-state index contributed by atoms with van der Waals surface area (Å²) in [4.78, 5) is 16.3. The van der Waals surface area contributed by atoms with Gasteiger partial charge in [-0.1, -0.05) is 0 Å². The van der Waals surface area contributed by atoms with Crippen molar-refractivity contribution in [3.63, 3.8) is 0 Å². The number of aryl methyl sites for hydroxylation is 2. The first kappa shape index (κ1) is 13.1. The second kappa shape index (κ2) is 6.01. The van der Waals surface area contributed by atoms with Crippen molar-refractivity contribution in [1.82, 2.24) is 4.90 Å². The minimum absolute atomic E-state index is 0.0900. The highest BCUT2D eigenvalue weighted by Crippen LogP contribution is 2.30. The average Bonchev–Trinajstić information content (AvgIpc) is 2.83. The maximum atomic E-state index is 12.3. The average molecular weight is 262 g/mol. The van der Waals surface area contributed by atoms with Crippen LogP contribution < -0.4 is 0 Å². The molecule has 0 bridgehead atoms. The van der Waals surface area contributed by atoms with Gasteiger partial charge in [-0.15, -0.1) is 11.3 Å². The van der Waals surface area contributed by atoms with E-state index in [4.69, 9.17) is 5.26 Å². The van der Waals surface area contributed by atoms with Crippen molar-refractivity contribution >= 4 is 17.2 Å². The van der Waals surface area contributed by atoms with E-state index in [-0.39, 0.29) is 5.91 Å². The van der Waals surface area contributed by atoms with Crippen LogP contribution in [-0.2, 0) is 12.8 Å². The summed E-state index contributed by atoms with van der Waals surface area (Å²) < 4.78 is 0. The lowest BCUT2D eigenvalue weighted by Gasteiger charge is -2.18. The first-order valence-electron chi connectivity index (χ1n) is 6.54. The quantitative estimate of drug-likeness (QED) is 0.837. The van der Waals surface area contributed by atoms with Crippen LogP contribution in [0.1, 0.15) is 46.3 Å². The summed E-state index contributed by atoms with van der Waals surface area (Å²) in [6.45, 7) is 3.17. The summed E-state index contributed by atoms with van der Waals surface area (Å²) in [5.41, 5.74) is 1.37. The molecule has 1 aromatic rings. The van der Waals surface area contributed by atoms with Crippen molar-refractivity contribution in [2.24, 2.45) is 0 Å². The topological polar surface area (TPSA) is 44.1 Å². The van der Waals surface area contributed by atoms with Crippen LogP contribution in [0.25, 0.3) is 0 Å². The number of rotatable bonds is 4. The molecule has 3 nitrogen and oxygen atoms in total. The Morgan fingerprint density at radius 3 is 2.94 bits per heavy atom. The molecule has 1 aromatic heterocycles. The van der Waals surface area contributed by atoms with E-state index in [1.807, 2.05) is 6.92 Å². The molecular weight excluding hydrogens is 244 g/mol. The molecule has 0 radical (unpaired) electrons. The first-order valence-corrected chi connectivity index (χ1v) is 7.35. The van der Waals surface area contributed by atoms with Crippen LogP contribution in [0.2, 0.25) is 0 Å². The van der Waals surface area contributed by atoms with Crippen molar-refractivity contribution in [1.29, 1.82) is 5.26 Å². The van der Waals surface area contributed by atoms with Crippen LogP contribution in [0.15, 0.2) is 6.07 Å². The van der Waals surface area contributed by atoms with E-state index in [0.29, 0.717) is 19.5 Å². The van der Waals surface area contributed by atoms with Crippen LogP contribution in [0.3, 0.4) is 0 Å². The van der Waals surface area contributed by atoms with Gasteiger partial charge in [-0.2, -0.15) is 5.26 Å². The molecule has 0 saturated heterocycles. The standard InChI is InChI=1S/C14H18N2OS/c1-2-16(9-5-8-15)14(17)13-10-11-6-3-4-7-12(11)18-13/h10H,2-7,9H2,1H3. The Morgan fingerprint density at radius 2 is 2.28 bits per heavy atom. The zero-order chi connectivity index (χ0) is 13.0. The highest BCUT2D eigenvalue weighted by molar-refractivity contribution is 7.14. The molecule has 0 aliphatic heterocycles. The van der Waals surface area contributed by atoms with Gasteiger partial charge in [0.05, 0.1) is 17.4 Å². The van der Waals surface area contributed by atoms with Gasteiger partial charge in [0.1, 0.15) is 0 Å². The fourth-order valence-electron chi connectivity index (χ4n) is 2.34. The van der Waals surface area contributed by atoms with Gasteiger partial charge in [0.2, 0.25) is 0 Å². The van der Waals surface area contributed by atoms with Gasteiger partial charge in [0, 0.05) is 18.0 Å². The highest BCUT2D eigenvalue weighted by atomic mass is 32.1. The zero-order valence-electron chi connectivity index (χ0n) is 10.7. The number of amides is 1. The molecule has 1 amide bonds. The number of carbonyl (C=O) groups excluding carboxylic acids is 1. The van der Waals surface area contributed by atoms with Gasteiger partial charge in [-0.25, -0.2) is 0 Å². The molecule has 96 valence electrons. The van der Waals surface area contributed by atoms with E-state index in [9.17, 15) is 4.79 Å². The van der Waals surface area contributed by atoms with E-state index in [1.54, 1.807) is 16.2 Å². The Bertz CT molecular complexity index is 449. The van der Waals surface area contributed by atoms with Crippen molar-refractivity contribution in [2.45, 2.75) is 39.0 Å². The van der Waals surface area contributed by atoms with Gasteiger partial charge in [-0.05, 0) is 44.2 Å². The lowest BCUT2D eigenvalue weighted by molar-refractivity contribution is 0.0772. The molecule has 0 aromatic carbocycles. The predicted octanol–water partition coefficient (Wildman–Crippen LogP) is 3.00. The molecule has 0 spiro atoms. The second-order valence-corrected chi connectivity index (χ2v) is 5.70. The smallest absolute Gasteiger partial charge is 0.263 e. The summed E-state index contributed by atoms with van der Waals surface area (Å²) in [6, 6.07) is 4.16. The SMILES string of the molecule is CCN(CCC#N)C(=O)c1cc2c(s1)CCCC2. The van der Waals surface area contributed by atoms with Gasteiger partial charge in [0.25, 0.3) is 5.91 Å². The summed E-state index contributed by atoms with van der Waals surface area (Å²) in [5.74, 6) is 0.0900. The normalized spacial score (nSPS) is 13.8. The zero-order valence-corrected chi connectivity index (χ0v) is 11.6. The Kier molecular flexibility index (Phi) is 4.38. The third-order valence-electron chi connectivity index (χ3n) is 3.37. The minimum Gasteiger partial charge on any atom is -0.337 e. The molecule has 1 heterocycles. The number of thiophene rings is 1. The minimum atomic E-state index is 0.0900. The van der Waals surface area contributed by atoms with Crippen molar-refractivity contribution in [3.05, 3.63) is 21.4 Å². The van der Waals surface area contributed by atoms with E-state index < -0.39 is 0 Å². The Morgan fingerprint density at radius 1 is 1.50 bits per heavy atom. The van der Waals surface area contributed by atoms with E-state index in [0.717, 1.165) is 17.7 Å². The summed E-state index contributed by atoms with van der Waals surface area (Å²) in [5, 5.41) is 8.61. The number of hydrogen-bond donors (Lipinski definition) is 0. The number of fused-ring (bicyclic) bond motifs is 1. The molecule has 0 saturated carbocycles. The second-order valence-electron chi connectivity index (χ2n) is 4.56. The fraction of sp³-hybridized carbons (Fsp3) is 0.571. The maximum absolute atomic E-state index is 12.3. The summed E-state index contributed by atoms with van der Waals surface area (Å²) in [6.07, 6.45) is 5.13. The third kappa shape index (κ3) is 2.73. The molecule has 1 aliphatic rings. The molecule has 1 aliphatic carbocycles. The predicted molar refractivity (Wildman–Crippen MR) is 72.8 cm³/mol. The van der Waals surface area contributed by atoms with Gasteiger partial charge < -0.3 is 4.90 Å². The third-order valence-corrected chi connectivity index (χ3v) is 4.59. The van der Waals surface area contributed by atoms with Crippen LogP contribution in [0, 0.1) is 11.3 Å². The Balaban J connectivity index is 2.12. The monoisotopic (exact) mass is 262 g/mol. The molecule has 18 heavy (non-hydrogen) atoms. The van der Waals surface area contributed by atoms with Crippen molar-refractivity contribution in [3.8, 4) is 6.07 Å². The molecule has 0 unspecified atom stereocenters. The van der Waals surface area contributed by atoms with Gasteiger partial charge >= 0.3 is 0 Å². The molecule has 0 N–H and O–H groups in total. The first-order chi connectivity index (χ1) is 8.76. The lowest BCUT2D eigenvalue weighted by atomic mass is 9.99. The number of hydrogen-bond acceptors (Lipinski definition) is 3. The van der Waals surface area contributed by atoms with Crippen molar-refractivity contribution in [2.75, 3.05) is 13.1 Å². The molecule has 4 heteroatoms. The largest absolute Gasteiger partial charge is 0.337 e. The van der Waals surface area contributed by atoms with Crippen LogP contribution in [0.4, 0.5) is 0 Å². The molecule has 2 rings (SSSR count). The van der Waals surface area contributed by atoms with Crippen LogP contribution in [-0.4, -0.2) is 23.9 Å². The Hall–Kier alpha value is -1.34. The number of nitrogens with zero attached hydrogens (tertiary/aromatic N) is 2. The fourth-order valence-corrected chi connectivity index (χ4v) is 3.56. The number of nitriles is 1. The summed E-state index contributed by atoms with van der Waals surface area (Å²) >= 11 is 1.65. The maximum Gasteiger partial charge on any atom is 0.263 e. The molecule has 0 fully saturated rings. The van der Waals surface area contributed by atoms with Crippen molar-refractivity contribution < 1.29 is 4.79 Å². The van der Waals surface area contributed by atoms with Gasteiger partial charge in [-0.3, -0.25) is 4.79 Å². The molecular formula is C14H18N2OS. The van der Waals surface area contributed by atoms with E-state index >= 15 is 0 Å². The van der Waals surface area contributed by atoms with Crippen LogP contribution in [0.5, 0.6) is 0 Å².